The van der Waals surface area contributed by atoms with Crippen LogP contribution < -0.4 is 19.8 Å². The lowest BCUT2D eigenvalue weighted by atomic mass is 10.1. The SMILES string of the molecule is CCOc1cnc2cn(-c3ccc(OC)cc3)c(=O)c(-c3ccc(OC(F)F)cc3)c2n1. The standard InChI is InChI=1S/C23H19F2N3O4/c1-3-31-19-12-26-18-13-28(15-6-10-16(30-2)11-7-15)22(29)20(21(18)27-19)14-4-8-17(9-5-14)32-23(24)25/h4-13,23H,3H2,1-2H3. The summed E-state index contributed by atoms with van der Waals surface area (Å²) in [5, 5.41) is 0. The minimum absolute atomic E-state index is 0.0134. The summed E-state index contributed by atoms with van der Waals surface area (Å²) in [6.45, 7) is -0.737. The van der Waals surface area contributed by atoms with Gasteiger partial charge in [0.05, 0.1) is 25.5 Å². The average molecular weight is 439 g/mol. The number of rotatable bonds is 7. The Labute approximate surface area is 181 Å². The fourth-order valence-electron chi connectivity index (χ4n) is 3.28. The summed E-state index contributed by atoms with van der Waals surface area (Å²) in [5.41, 5.74) is 1.80. The zero-order chi connectivity index (χ0) is 22.7. The van der Waals surface area contributed by atoms with Gasteiger partial charge in [-0.25, -0.2) is 9.97 Å². The first-order valence-electron chi connectivity index (χ1n) is 9.75. The van der Waals surface area contributed by atoms with Crippen LogP contribution in [0, 0.1) is 0 Å². The molecule has 4 rings (SSSR count). The number of benzene rings is 2. The maximum atomic E-state index is 13.5. The number of fused-ring (bicyclic) bond motifs is 1. The third kappa shape index (κ3) is 4.22. The molecule has 32 heavy (non-hydrogen) atoms. The van der Waals surface area contributed by atoms with E-state index in [-0.39, 0.29) is 22.8 Å². The van der Waals surface area contributed by atoms with E-state index in [1.165, 1.54) is 35.0 Å². The molecule has 7 nitrogen and oxygen atoms in total. The normalized spacial score (nSPS) is 11.0. The molecule has 2 aromatic carbocycles. The fraction of sp³-hybridized carbons (Fsp3) is 0.174. The second-order valence-electron chi connectivity index (χ2n) is 6.66. The van der Waals surface area contributed by atoms with Crippen molar-refractivity contribution in [3.05, 3.63) is 71.3 Å². The minimum atomic E-state index is -2.94. The van der Waals surface area contributed by atoms with E-state index in [4.69, 9.17) is 9.47 Å². The highest BCUT2D eigenvalue weighted by molar-refractivity contribution is 5.91. The summed E-state index contributed by atoms with van der Waals surface area (Å²) in [6, 6.07) is 12.8. The summed E-state index contributed by atoms with van der Waals surface area (Å²) in [7, 11) is 1.56. The molecule has 0 amide bonds. The van der Waals surface area contributed by atoms with Crippen LogP contribution in [0.25, 0.3) is 27.8 Å². The number of nitrogens with zero attached hydrogens (tertiary/aromatic N) is 3. The number of hydrogen-bond acceptors (Lipinski definition) is 6. The van der Waals surface area contributed by atoms with Gasteiger partial charge in [-0.3, -0.25) is 9.36 Å². The Kier molecular flexibility index (Phi) is 5.98. The monoisotopic (exact) mass is 439 g/mol. The molecule has 9 heteroatoms. The molecule has 0 radical (unpaired) electrons. The number of aromatic nitrogens is 3. The van der Waals surface area contributed by atoms with Gasteiger partial charge in [0.1, 0.15) is 22.5 Å². The first kappa shape index (κ1) is 21.2. The van der Waals surface area contributed by atoms with Crippen LogP contribution in [0.2, 0.25) is 0 Å². The number of alkyl halides is 2. The Morgan fingerprint density at radius 2 is 1.72 bits per heavy atom. The van der Waals surface area contributed by atoms with Crippen molar-refractivity contribution in [3.8, 4) is 34.2 Å². The first-order chi connectivity index (χ1) is 15.5. The van der Waals surface area contributed by atoms with Gasteiger partial charge < -0.3 is 14.2 Å². The molecule has 0 fully saturated rings. The van der Waals surface area contributed by atoms with Gasteiger partial charge in [-0.05, 0) is 48.9 Å². The second-order valence-corrected chi connectivity index (χ2v) is 6.66. The van der Waals surface area contributed by atoms with Crippen molar-refractivity contribution < 1.29 is 23.0 Å². The van der Waals surface area contributed by atoms with Crippen molar-refractivity contribution in [2.75, 3.05) is 13.7 Å². The van der Waals surface area contributed by atoms with Gasteiger partial charge in [0.2, 0.25) is 5.88 Å². The van der Waals surface area contributed by atoms with Crippen LogP contribution in [0.1, 0.15) is 6.92 Å². The molecular formula is C23H19F2N3O4. The summed E-state index contributed by atoms with van der Waals surface area (Å²) in [4.78, 5) is 22.4. The zero-order valence-corrected chi connectivity index (χ0v) is 17.3. The Balaban J connectivity index is 1.93. The van der Waals surface area contributed by atoms with Crippen molar-refractivity contribution in [2.45, 2.75) is 13.5 Å². The van der Waals surface area contributed by atoms with Crippen LogP contribution in [0.4, 0.5) is 8.78 Å². The van der Waals surface area contributed by atoms with E-state index in [1.54, 1.807) is 37.6 Å². The minimum Gasteiger partial charge on any atom is -0.497 e. The zero-order valence-electron chi connectivity index (χ0n) is 17.3. The smallest absolute Gasteiger partial charge is 0.387 e. The summed E-state index contributed by atoms with van der Waals surface area (Å²) < 4.78 is 41.5. The van der Waals surface area contributed by atoms with Crippen molar-refractivity contribution in [2.24, 2.45) is 0 Å². The molecule has 0 aliphatic rings. The van der Waals surface area contributed by atoms with Crippen molar-refractivity contribution in [1.82, 2.24) is 14.5 Å². The van der Waals surface area contributed by atoms with Gasteiger partial charge in [-0.2, -0.15) is 8.78 Å². The van der Waals surface area contributed by atoms with Gasteiger partial charge in [-0.15, -0.1) is 0 Å². The van der Waals surface area contributed by atoms with Crippen LogP contribution in [-0.2, 0) is 0 Å². The topological polar surface area (TPSA) is 75.5 Å². The molecule has 164 valence electrons. The molecule has 0 aliphatic carbocycles. The van der Waals surface area contributed by atoms with Gasteiger partial charge in [0.15, 0.2) is 0 Å². The van der Waals surface area contributed by atoms with Crippen molar-refractivity contribution in [1.29, 1.82) is 0 Å². The number of hydrogen-bond donors (Lipinski definition) is 0. The highest BCUT2D eigenvalue weighted by Crippen LogP contribution is 2.28. The highest BCUT2D eigenvalue weighted by atomic mass is 19.3. The summed E-state index contributed by atoms with van der Waals surface area (Å²) in [6.07, 6.45) is 3.08. The van der Waals surface area contributed by atoms with Gasteiger partial charge in [0, 0.05) is 11.9 Å². The third-order valence-electron chi connectivity index (χ3n) is 4.71. The van der Waals surface area contributed by atoms with Crippen LogP contribution >= 0.6 is 0 Å². The predicted octanol–water partition coefficient (Wildman–Crippen LogP) is 4.46. The first-order valence-corrected chi connectivity index (χ1v) is 9.75. The average Bonchev–Trinajstić information content (AvgIpc) is 2.79. The molecular weight excluding hydrogens is 420 g/mol. The molecule has 0 saturated heterocycles. The third-order valence-corrected chi connectivity index (χ3v) is 4.71. The molecule has 0 spiro atoms. The number of methoxy groups -OCH3 is 1. The lowest BCUT2D eigenvalue weighted by Crippen LogP contribution is -2.21. The van der Waals surface area contributed by atoms with Crippen molar-refractivity contribution >= 4 is 11.0 Å². The van der Waals surface area contributed by atoms with E-state index in [0.717, 1.165) is 0 Å². The molecule has 0 bridgehead atoms. The van der Waals surface area contributed by atoms with E-state index in [0.29, 0.717) is 34.6 Å². The molecule has 0 N–H and O–H groups in total. The Morgan fingerprint density at radius 3 is 2.34 bits per heavy atom. The lowest BCUT2D eigenvalue weighted by Gasteiger charge is -2.13. The largest absolute Gasteiger partial charge is 0.497 e. The molecule has 2 aromatic heterocycles. The molecule has 0 saturated carbocycles. The van der Waals surface area contributed by atoms with Gasteiger partial charge >= 0.3 is 6.61 Å². The molecule has 4 aromatic rings. The Bertz CT molecular complexity index is 1290. The van der Waals surface area contributed by atoms with E-state index >= 15 is 0 Å². The number of pyridine rings is 1. The van der Waals surface area contributed by atoms with E-state index < -0.39 is 6.61 Å². The van der Waals surface area contributed by atoms with Crippen LogP contribution in [0.5, 0.6) is 17.4 Å². The van der Waals surface area contributed by atoms with E-state index in [2.05, 4.69) is 14.7 Å². The van der Waals surface area contributed by atoms with Crippen LogP contribution in [0.15, 0.2) is 65.7 Å². The number of halogens is 2. The van der Waals surface area contributed by atoms with Crippen LogP contribution in [0.3, 0.4) is 0 Å². The molecule has 2 heterocycles. The molecule has 0 aliphatic heterocycles. The molecule has 0 unspecified atom stereocenters. The lowest BCUT2D eigenvalue weighted by molar-refractivity contribution is -0.0498. The summed E-state index contributed by atoms with van der Waals surface area (Å²) >= 11 is 0. The fourth-order valence-corrected chi connectivity index (χ4v) is 3.28. The maximum absolute atomic E-state index is 13.5. The number of ether oxygens (including phenoxy) is 3. The second kappa shape index (κ2) is 9.01. The van der Waals surface area contributed by atoms with E-state index in [9.17, 15) is 13.6 Å². The van der Waals surface area contributed by atoms with Gasteiger partial charge in [0.25, 0.3) is 5.56 Å². The quantitative estimate of drug-likeness (QED) is 0.423. The summed E-state index contributed by atoms with van der Waals surface area (Å²) in [5.74, 6) is 0.916. The Hall–Kier alpha value is -4.01. The van der Waals surface area contributed by atoms with Gasteiger partial charge in [-0.1, -0.05) is 12.1 Å². The van der Waals surface area contributed by atoms with E-state index in [1.807, 2.05) is 6.92 Å². The Morgan fingerprint density at radius 1 is 1.03 bits per heavy atom. The van der Waals surface area contributed by atoms with Crippen molar-refractivity contribution in [3.63, 3.8) is 0 Å². The maximum Gasteiger partial charge on any atom is 0.387 e. The van der Waals surface area contributed by atoms with Crippen LogP contribution in [-0.4, -0.2) is 34.9 Å². The predicted molar refractivity (Wildman–Crippen MR) is 115 cm³/mol. The highest BCUT2D eigenvalue weighted by Gasteiger charge is 2.17. The molecule has 0 atom stereocenters.